The van der Waals surface area contributed by atoms with Gasteiger partial charge in [-0.05, 0) is 12.1 Å². The van der Waals surface area contributed by atoms with Crippen molar-refractivity contribution in [2.24, 2.45) is 0 Å². The first-order valence-corrected chi connectivity index (χ1v) is 8.17. The Morgan fingerprint density at radius 1 is 1.25 bits per heavy atom. The summed E-state index contributed by atoms with van der Waals surface area (Å²) in [5.41, 5.74) is 0.874. The molecule has 0 saturated carbocycles. The fourth-order valence-corrected chi connectivity index (χ4v) is 3.06. The lowest BCUT2D eigenvalue weighted by Gasteiger charge is -2.34. The quantitative estimate of drug-likeness (QED) is 0.461. The second-order valence-electron chi connectivity index (χ2n) is 4.81. The fourth-order valence-electron chi connectivity index (χ4n) is 2.38. The standard InChI is InChI=1S/C14H17IN4O/c1-20-14-3-2-11-8-13(16-9-12(11)17-14)19-6-4-18(10-15)5-7-19/h2-3,8-9H,4-7,10H2,1H3. The molecule has 6 heteroatoms. The van der Waals surface area contributed by atoms with Crippen molar-refractivity contribution in [2.75, 3.05) is 42.7 Å². The molecule has 2 aromatic heterocycles. The lowest BCUT2D eigenvalue weighted by Crippen LogP contribution is -2.46. The summed E-state index contributed by atoms with van der Waals surface area (Å²) in [6, 6.07) is 6.04. The van der Waals surface area contributed by atoms with Gasteiger partial charge in [0.25, 0.3) is 0 Å². The van der Waals surface area contributed by atoms with Crippen LogP contribution in [0.1, 0.15) is 0 Å². The molecule has 0 N–H and O–H groups in total. The predicted octanol–water partition coefficient (Wildman–Crippen LogP) is 2.15. The summed E-state index contributed by atoms with van der Waals surface area (Å²) in [4.78, 5) is 13.7. The molecule has 3 heterocycles. The molecule has 1 aliphatic heterocycles. The molecule has 0 unspecified atom stereocenters. The summed E-state index contributed by atoms with van der Waals surface area (Å²) >= 11 is 2.42. The highest BCUT2D eigenvalue weighted by atomic mass is 127. The van der Waals surface area contributed by atoms with E-state index in [4.69, 9.17) is 4.74 Å². The number of hydrogen-bond donors (Lipinski definition) is 0. The zero-order chi connectivity index (χ0) is 13.9. The van der Waals surface area contributed by atoms with Crippen LogP contribution in [0.15, 0.2) is 24.4 Å². The van der Waals surface area contributed by atoms with Crippen molar-refractivity contribution in [3.8, 4) is 5.88 Å². The Balaban J connectivity index is 1.82. The Morgan fingerprint density at radius 3 is 2.75 bits per heavy atom. The highest BCUT2D eigenvalue weighted by Crippen LogP contribution is 2.21. The van der Waals surface area contributed by atoms with Crippen LogP contribution in [0.2, 0.25) is 0 Å². The van der Waals surface area contributed by atoms with Gasteiger partial charge < -0.3 is 9.64 Å². The van der Waals surface area contributed by atoms with Crippen molar-refractivity contribution in [2.45, 2.75) is 0 Å². The second kappa shape index (κ2) is 6.09. The molecule has 0 amide bonds. The Hall–Kier alpha value is -1.15. The van der Waals surface area contributed by atoms with Gasteiger partial charge in [-0.25, -0.2) is 9.97 Å². The van der Waals surface area contributed by atoms with Gasteiger partial charge in [0.1, 0.15) is 5.82 Å². The molecule has 1 fully saturated rings. The summed E-state index contributed by atoms with van der Waals surface area (Å²) in [5, 5.41) is 1.10. The van der Waals surface area contributed by atoms with E-state index in [9.17, 15) is 0 Å². The van der Waals surface area contributed by atoms with Gasteiger partial charge in [-0.2, -0.15) is 0 Å². The van der Waals surface area contributed by atoms with Crippen molar-refractivity contribution < 1.29 is 4.74 Å². The minimum atomic E-state index is 0.628. The van der Waals surface area contributed by atoms with Gasteiger partial charge in [0.05, 0.1) is 23.4 Å². The van der Waals surface area contributed by atoms with Crippen molar-refractivity contribution in [3.63, 3.8) is 0 Å². The second-order valence-corrected chi connectivity index (χ2v) is 5.50. The first kappa shape index (κ1) is 13.8. The van der Waals surface area contributed by atoms with E-state index in [0.29, 0.717) is 5.88 Å². The van der Waals surface area contributed by atoms with Crippen LogP contribution in [0, 0.1) is 0 Å². The van der Waals surface area contributed by atoms with Gasteiger partial charge >= 0.3 is 0 Å². The molecule has 1 saturated heterocycles. The lowest BCUT2D eigenvalue weighted by molar-refractivity contribution is 0.306. The van der Waals surface area contributed by atoms with Gasteiger partial charge in [-0.1, -0.05) is 22.6 Å². The largest absolute Gasteiger partial charge is 0.481 e. The van der Waals surface area contributed by atoms with E-state index in [1.807, 2.05) is 18.3 Å². The number of fused-ring (bicyclic) bond motifs is 1. The number of nitrogens with zero attached hydrogens (tertiary/aromatic N) is 4. The van der Waals surface area contributed by atoms with Crippen molar-refractivity contribution in [1.29, 1.82) is 0 Å². The number of anilines is 1. The lowest BCUT2D eigenvalue weighted by atomic mass is 10.2. The molecule has 1 aliphatic rings. The minimum Gasteiger partial charge on any atom is -0.481 e. The van der Waals surface area contributed by atoms with Crippen LogP contribution in [0.5, 0.6) is 5.88 Å². The van der Waals surface area contributed by atoms with Crippen LogP contribution in [0.25, 0.3) is 10.9 Å². The number of piperazine rings is 1. The van der Waals surface area contributed by atoms with Crippen LogP contribution >= 0.6 is 22.6 Å². The molecule has 0 aromatic carbocycles. The fraction of sp³-hybridized carbons (Fsp3) is 0.429. The molecular formula is C14H17IN4O. The Labute approximate surface area is 132 Å². The maximum atomic E-state index is 5.14. The maximum absolute atomic E-state index is 5.14. The van der Waals surface area contributed by atoms with Crippen LogP contribution in [0.4, 0.5) is 5.82 Å². The smallest absolute Gasteiger partial charge is 0.213 e. The van der Waals surface area contributed by atoms with Crippen molar-refractivity contribution >= 4 is 39.3 Å². The van der Waals surface area contributed by atoms with E-state index < -0.39 is 0 Å². The van der Waals surface area contributed by atoms with E-state index in [0.717, 1.165) is 47.5 Å². The van der Waals surface area contributed by atoms with E-state index in [-0.39, 0.29) is 0 Å². The zero-order valence-corrected chi connectivity index (χ0v) is 13.6. The van der Waals surface area contributed by atoms with Gasteiger partial charge in [0.2, 0.25) is 5.88 Å². The third-order valence-electron chi connectivity index (χ3n) is 3.61. The Bertz CT molecular complexity index is 599. The molecule has 2 aromatic rings. The molecule has 0 atom stereocenters. The van der Waals surface area contributed by atoms with Gasteiger partial charge in [-0.15, -0.1) is 0 Å². The monoisotopic (exact) mass is 384 g/mol. The summed E-state index contributed by atoms with van der Waals surface area (Å²) in [5.74, 6) is 1.67. The number of aromatic nitrogens is 2. The number of rotatable bonds is 3. The van der Waals surface area contributed by atoms with Crippen LogP contribution in [0.3, 0.4) is 0 Å². The summed E-state index contributed by atoms with van der Waals surface area (Å²) in [6.45, 7) is 4.27. The summed E-state index contributed by atoms with van der Waals surface area (Å²) < 4.78 is 6.24. The topological polar surface area (TPSA) is 41.5 Å². The molecule has 20 heavy (non-hydrogen) atoms. The zero-order valence-electron chi connectivity index (χ0n) is 11.4. The van der Waals surface area contributed by atoms with E-state index in [1.54, 1.807) is 7.11 Å². The van der Waals surface area contributed by atoms with E-state index >= 15 is 0 Å². The predicted molar refractivity (Wildman–Crippen MR) is 88.8 cm³/mol. The Kier molecular flexibility index (Phi) is 4.21. The molecular weight excluding hydrogens is 367 g/mol. The molecule has 3 rings (SSSR count). The normalized spacial score (nSPS) is 16.6. The van der Waals surface area contributed by atoms with Crippen LogP contribution < -0.4 is 9.64 Å². The van der Waals surface area contributed by atoms with E-state index in [1.165, 1.54) is 0 Å². The third-order valence-corrected chi connectivity index (χ3v) is 4.57. The number of ether oxygens (including phenoxy) is 1. The average Bonchev–Trinajstić information content (AvgIpc) is 2.54. The average molecular weight is 384 g/mol. The van der Waals surface area contributed by atoms with Crippen LogP contribution in [-0.2, 0) is 0 Å². The maximum Gasteiger partial charge on any atom is 0.213 e. The number of hydrogen-bond acceptors (Lipinski definition) is 5. The molecule has 5 nitrogen and oxygen atoms in total. The van der Waals surface area contributed by atoms with Crippen molar-refractivity contribution in [3.05, 3.63) is 24.4 Å². The van der Waals surface area contributed by atoms with Gasteiger partial charge in [0.15, 0.2) is 0 Å². The number of methoxy groups -OCH3 is 1. The van der Waals surface area contributed by atoms with E-state index in [2.05, 4.69) is 48.4 Å². The molecule has 0 radical (unpaired) electrons. The van der Waals surface area contributed by atoms with Gasteiger partial charge in [-0.3, -0.25) is 4.90 Å². The third kappa shape index (κ3) is 2.80. The molecule has 0 spiro atoms. The summed E-state index contributed by atoms with van der Waals surface area (Å²) in [6.07, 6.45) is 1.83. The minimum absolute atomic E-state index is 0.628. The molecule has 0 bridgehead atoms. The highest BCUT2D eigenvalue weighted by molar-refractivity contribution is 14.1. The number of alkyl halides is 1. The molecule has 0 aliphatic carbocycles. The summed E-state index contributed by atoms with van der Waals surface area (Å²) in [7, 11) is 1.63. The first-order valence-electron chi connectivity index (χ1n) is 6.64. The number of halogens is 1. The first-order chi connectivity index (χ1) is 9.80. The van der Waals surface area contributed by atoms with Gasteiger partial charge in [0, 0.05) is 37.6 Å². The molecule has 106 valence electrons. The highest BCUT2D eigenvalue weighted by Gasteiger charge is 2.17. The van der Waals surface area contributed by atoms with Crippen LogP contribution in [-0.4, -0.2) is 52.7 Å². The Morgan fingerprint density at radius 2 is 2.05 bits per heavy atom. The van der Waals surface area contributed by atoms with Crippen molar-refractivity contribution in [1.82, 2.24) is 14.9 Å². The SMILES string of the molecule is COc1ccc2cc(N3CCN(CI)CC3)ncc2n1. The number of pyridine rings is 2.